The molecule has 0 saturated carbocycles. The zero-order valence-corrected chi connectivity index (χ0v) is 15.8. The van der Waals surface area contributed by atoms with Gasteiger partial charge in [0.25, 0.3) is 17.7 Å². The highest BCUT2D eigenvalue weighted by atomic mass is 16.5. The highest BCUT2D eigenvalue weighted by molar-refractivity contribution is 6.21. The molecule has 0 N–H and O–H groups in total. The van der Waals surface area contributed by atoms with Crippen LogP contribution in [-0.2, 0) is 4.79 Å². The molecule has 6 nitrogen and oxygen atoms in total. The molecule has 2 aliphatic heterocycles. The zero-order chi connectivity index (χ0) is 19.7. The van der Waals surface area contributed by atoms with E-state index in [1.165, 1.54) is 4.90 Å². The molecule has 0 atom stereocenters. The lowest BCUT2D eigenvalue weighted by Crippen LogP contribution is -2.49. The average molecular weight is 378 g/mol. The molecule has 0 aliphatic carbocycles. The molecule has 2 aliphatic rings. The fraction of sp³-hybridized carbons (Fsp3) is 0.318. The van der Waals surface area contributed by atoms with E-state index in [0.29, 0.717) is 42.8 Å². The molecule has 28 heavy (non-hydrogen) atoms. The summed E-state index contributed by atoms with van der Waals surface area (Å²) in [7, 11) is 0. The molecule has 2 aromatic carbocycles. The van der Waals surface area contributed by atoms with Gasteiger partial charge < -0.3 is 9.64 Å². The number of hydrogen-bond acceptors (Lipinski definition) is 4. The first-order valence-electron chi connectivity index (χ1n) is 9.49. The van der Waals surface area contributed by atoms with Crippen LogP contribution in [-0.4, -0.2) is 53.3 Å². The molecule has 3 amide bonds. The number of imide groups is 1. The number of carbonyl (C=O) groups excluding carboxylic acids is 3. The molecule has 6 heteroatoms. The number of piperidine rings is 1. The van der Waals surface area contributed by atoms with Crippen LogP contribution in [0.4, 0.5) is 0 Å². The number of carbonyl (C=O) groups is 3. The first-order valence-corrected chi connectivity index (χ1v) is 9.49. The van der Waals surface area contributed by atoms with Crippen LogP contribution in [0.25, 0.3) is 0 Å². The molecule has 0 aromatic heterocycles. The summed E-state index contributed by atoms with van der Waals surface area (Å²) in [5.41, 5.74) is 2.07. The SMILES string of the molecule is Cc1ccc(OCC(=O)N2CCC(N3C(=O)c4ccccc4C3=O)CC2)cc1. The van der Waals surface area contributed by atoms with Gasteiger partial charge in [0, 0.05) is 19.1 Å². The topological polar surface area (TPSA) is 66.9 Å². The number of hydrogen-bond donors (Lipinski definition) is 0. The van der Waals surface area contributed by atoms with Crippen LogP contribution >= 0.6 is 0 Å². The Morgan fingerprint density at radius 3 is 2.11 bits per heavy atom. The van der Waals surface area contributed by atoms with Gasteiger partial charge in [-0.05, 0) is 44.0 Å². The highest BCUT2D eigenvalue weighted by Crippen LogP contribution is 2.28. The van der Waals surface area contributed by atoms with E-state index in [1.54, 1.807) is 29.2 Å². The lowest BCUT2D eigenvalue weighted by atomic mass is 10.0. The van der Waals surface area contributed by atoms with Crippen molar-refractivity contribution in [1.82, 2.24) is 9.80 Å². The van der Waals surface area contributed by atoms with Crippen LogP contribution in [0, 0.1) is 6.92 Å². The van der Waals surface area contributed by atoms with Gasteiger partial charge in [-0.3, -0.25) is 19.3 Å². The van der Waals surface area contributed by atoms with E-state index in [1.807, 2.05) is 31.2 Å². The molecule has 1 saturated heterocycles. The Balaban J connectivity index is 1.32. The van der Waals surface area contributed by atoms with Gasteiger partial charge in [-0.25, -0.2) is 0 Å². The van der Waals surface area contributed by atoms with Crippen molar-refractivity contribution < 1.29 is 19.1 Å². The summed E-state index contributed by atoms with van der Waals surface area (Å²) < 4.78 is 5.57. The highest BCUT2D eigenvalue weighted by Gasteiger charge is 2.41. The first kappa shape index (κ1) is 18.2. The number of nitrogens with zero attached hydrogens (tertiary/aromatic N) is 2. The Kier molecular flexibility index (Phi) is 4.86. The summed E-state index contributed by atoms with van der Waals surface area (Å²) in [6, 6.07) is 14.3. The third-order valence-corrected chi connectivity index (χ3v) is 5.39. The monoisotopic (exact) mass is 378 g/mol. The normalized spacial score (nSPS) is 17.0. The molecule has 0 radical (unpaired) electrons. The van der Waals surface area contributed by atoms with E-state index >= 15 is 0 Å². The van der Waals surface area contributed by atoms with Crippen LogP contribution in [0.2, 0.25) is 0 Å². The van der Waals surface area contributed by atoms with Crippen molar-refractivity contribution in [2.75, 3.05) is 19.7 Å². The second-order valence-corrected chi connectivity index (χ2v) is 7.24. The first-order chi connectivity index (χ1) is 13.5. The zero-order valence-electron chi connectivity index (χ0n) is 15.8. The van der Waals surface area contributed by atoms with E-state index in [0.717, 1.165) is 5.56 Å². The number of benzene rings is 2. The molecule has 0 unspecified atom stereocenters. The summed E-state index contributed by atoms with van der Waals surface area (Å²) >= 11 is 0. The smallest absolute Gasteiger partial charge is 0.261 e. The van der Waals surface area contributed by atoms with Gasteiger partial charge in [0.15, 0.2) is 6.61 Å². The van der Waals surface area contributed by atoms with Crippen molar-refractivity contribution in [2.24, 2.45) is 0 Å². The van der Waals surface area contributed by atoms with Crippen molar-refractivity contribution in [3.05, 3.63) is 65.2 Å². The lowest BCUT2D eigenvalue weighted by molar-refractivity contribution is -0.134. The predicted molar refractivity (Wildman–Crippen MR) is 103 cm³/mol. The van der Waals surface area contributed by atoms with Crippen molar-refractivity contribution in [1.29, 1.82) is 0 Å². The third kappa shape index (κ3) is 3.38. The maximum Gasteiger partial charge on any atom is 0.261 e. The number of ether oxygens (including phenoxy) is 1. The Morgan fingerprint density at radius 2 is 1.54 bits per heavy atom. The van der Waals surface area contributed by atoms with Crippen molar-refractivity contribution in [2.45, 2.75) is 25.8 Å². The molecule has 0 spiro atoms. The minimum Gasteiger partial charge on any atom is -0.484 e. The lowest BCUT2D eigenvalue weighted by Gasteiger charge is -2.35. The summed E-state index contributed by atoms with van der Waals surface area (Å²) in [5, 5.41) is 0. The fourth-order valence-corrected chi connectivity index (χ4v) is 3.78. The van der Waals surface area contributed by atoms with E-state index in [9.17, 15) is 14.4 Å². The van der Waals surface area contributed by atoms with Crippen LogP contribution < -0.4 is 4.74 Å². The largest absolute Gasteiger partial charge is 0.484 e. The van der Waals surface area contributed by atoms with Gasteiger partial charge in [0.1, 0.15) is 5.75 Å². The van der Waals surface area contributed by atoms with Gasteiger partial charge in [-0.15, -0.1) is 0 Å². The third-order valence-electron chi connectivity index (χ3n) is 5.39. The van der Waals surface area contributed by atoms with Crippen molar-refractivity contribution in [3.8, 4) is 5.75 Å². The van der Waals surface area contributed by atoms with Crippen molar-refractivity contribution in [3.63, 3.8) is 0 Å². The Bertz CT molecular complexity index is 879. The fourth-order valence-electron chi connectivity index (χ4n) is 3.78. The molecular formula is C22H22N2O4. The number of likely N-dealkylation sites (tertiary alicyclic amines) is 1. The van der Waals surface area contributed by atoms with Gasteiger partial charge >= 0.3 is 0 Å². The van der Waals surface area contributed by atoms with E-state index in [2.05, 4.69) is 0 Å². The molecule has 144 valence electrons. The predicted octanol–water partition coefficient (Wildman–Crippen LogP) is 2.66. The van der Waals surface area contributed by atoms with Crippen LogP contribution in [0.15, 0.2) is 48.5 Å². The molecule has 4 rings (SSSR count). The Hall–Kier alpha value is -3.15. The second-order valence-electron chi connectivity index (χ2n) is 7.24. The minimum absolute atomic E-state index is 0.0132. The number of rotatable bonds is 4. The minimum atomic E-state index is -0.229. The van der Waals surface area contributed by atoms with Gasteiger partial charge in [0.05, 0.1) is 11.1 Å². The van der Waals surface area contributed by atoms with E-state index in [4.69, 9.17) is 4.74 Å². The summed E-state index contributed by atoms with van der Waals surface area (Å²) in [6.45, 7) is 3.00. The molecule has 2 aromatic rings. The van der Waals surface area contributed by atoms with Gasteiger partial charge in [-0.1, -0.05) is 29.8 Å². The number of amides is 3. The summed E-state index contributed by atoms with van der Waals surface area (Å²) in [4.78, 5) is 40.8. The second kappa shape index (κ2) is 7.46. The maximum absolute atomic E-state index is 12.6. The van der Waals surface area contributed by atoms with Crippen LogP contribution in [0.3, 0.4) is 0 Å². The van der Waals surface area contributed by atoms with E-state index < -0.39 is 0 Å². The molecular weight excluding hydrogens is 356 g/mol. The van der Waals surface area contributed by atoms with Crippen molar-refractivity contribution >= 4 is 17.7 Å². The van der Waals surface area contributed by atoms with Gasteiger partial charge in [-0.2, -0.15) is 0 Å². The maximum atomic E-state index is 12.6. The van der Waals surface area contributed by atoms with Crippen LogP contribution in [0.1, 0.15) is 39.1 Å². The Labute approximate surface area is 163 Å². The number of fused-ring (bicyclic) bond motifs is 1. The summed E-state index contributed by atoms with van der Waals surface area (Å²) in [5.74, 6) is 0.127. The standard InChI is InChI=1S/C22H22N2O4/c1-15-6-8-17(9-7-15)28-14-20(25)23-12-10-16(11-13-23)24-21(26)18-4-2-3-5-19(18)22(24)27/h2-9,16H,10-14H2,1H3. The van der Waals surface area contributed by atoms with Gasteiger partial charge in [0.2, 0.25) is 0 Å². The molecule has 0 bridgehead atoms. The average Bonchev–Trinajstić information content (AvgIpc) is 2.98. The summed E-state index contributed by atoms with van der Waals surface area (Å²) in [6.07, 6.45) is 1.17. The molecule has 2 heterocycles. The quantitative estimate of drug-likeness (QED) is 0.767. The number of aryl methyl sites for hydroxylation is 1. The Morgan fingerprint density at radius 1 is 0.964 bits per heavy atom. The van der Waals surface area contributed by atoms with Crippen LogP contribution in [0.5, 0.6) is 5.75 Å². The molecule has 1 fully saturated rings. The van der Waals surface area contributed by atoms with E-state index in [-0.39, 0.29) is 30.4 Å².